The second-order valence-electron chi connectivity index (χ2n) is 4.60. The topological polar surface area (TPSA) is 58.0 Å². The van der Waals surface area contributed by atoms with Gasteiger partial charge in [0.1, 0.15) is 5.82 Å². The minimum atomic E-state index is 0.827. The van der Waals surface area contributed by atoms with Gasteiger partial charge in [0.15, 0.2) is 0 Å². The van der Waals surface area contributed by atoms with Gasteiger partial charge in [-0.1, -0.05) is 0 Å². The van der Waals surface area contributed by atoms with Crippen LogP contribution in [0.2, 0.25) is 0 Å². The fraction of sp³-hybridized carbons (Fsp3) is 0.500. The summed E-state index contributed by atoms with van der Waals surface area (Å²) in [7, 11) is 0. The summed E-state index contributed by atoms with van der Waals surface area (Å²) in [4.78, 5) is 17.7. The molecule has 0 N–H and O–H groups in total. The predicted molar refractivity (Wildman–Crippen MR) is 75.8 cm³/mol. The summed E-state index contributed by atoms with van der Waals surface area (Å²) in [5.74, 6) is 1.68. The zero-order valence-electron chi connectivity index (χ0n) is 11.1. The van der Waals surface area contributed by atoms with Gasteiger partial charge in [-0.25, -0.2) is 15.0 Å². The van der Waals surface area contributed by atoms with E-state index < -0.39 is 0 Å². The van der Waals surface area contributed by atoms with Gasteiger partial charge < -0.3 is 9.80 Å². The molecule has 0 bridgehead atoms. The number of hydrogen-bond donors (Lipinski definition) is 0. The number of rotatable bonds is 2. The monoisotopic (exact) mass is 276 g/mol. The third-order valence-corrected chi connectivity index (χ3v) is 4.00. The van der Waals surface area contributed by atoms with Crippen molar-refractivity contribution in [2.75, 3.05) is 36.0 Å². The van der Waals surface area contributed by atoms with Crippen LogP contribution < -0.4 is 9.80 Å². The summed E-state index contributed by atoms with van der Waals surface area (Å²) >= 11 is 1.47. The maximum atomic E-state index is 4.47. The van der Waals surface area contributed by atoms with Crippen LogP contribution in [0.5, 0.6) is 0 Å². The zero-order chi connectivity index (χ0) is 13.2. The fourth-order valence-corrected chi connectivity index (χ4v) is 2.83. The molecule has 2 aromatic rings. The van der Waals surface area contributed by atoms with Gasteiger partial charge >= 0.3 is 0 Å². The van der Waals surface area contributed by atoms with E-state index >= 15 is 0 Å². The first-order chi connectivity index (χ1) is 9.22. The largest absolute Gasteiger partial charge is 0.343 e. The highest BCUT2D eigenvalue weighted by Gasteiger charge is 2.21. The molecule has 7 heteroatoms. The van der Waals surface area contributed by atoms with Gasteiger partial charge in [-0.2, -0.15) is 4.37 Å². The van der Waals surface area contributed by atoms with Crippen LogP contribution in [0.15, 0.2) is 12.3 Å². The summed E-state index contributed by atoms with van der Waals surface area (Å²) in [5, 5.41) is 1.02. The van der Waals surface area contributed by atoms with Crippen molar-refractivity contribution < 1.29 is 0 Å². The van der Waals surface area contributed by atoms with Gasteiger partial charge in [-0.3, -0.25) is 0 Å². The number of piperazine rings is 1. The molecule has 3 heterocycles. The first-order valence-electron chi connectivity index (χ1n) is 6.32. The Kier molecular flexibility index (Phi) is 3.29. The maximum Gasteiger partial charge on any atom is 0.225 e. The highest BCUT2D eigenvalue weighted by atomic mass is 32.1. The zero-order valence-corrected chi connectivity index (χ0v) is 11.9. The summed E-state index contributed by atoms with van der Waals surface area (Å²) in [6.45, 7) is 7.63. The van der Waals surface area contributed by atoms with E-state index in [1.54, 1.807) is 0 Å². The van der Waals surface area contributed by atoms with Crippen molar-refractivity contribution in [3.63, 3.8) is 0 Å². The third kappa shape index (κ3) is 2.65. The average Bonchev–Trinajstić information content (AvgIpc) is 2.86. The van der Waals surface area contributed by atoms with Crippen LogP contribution in [-0.2, 0) is 0 Å². The van der Waals surface area contributed by atoms with Crippen LogP contribution in [-0.4, -0.2) is 45.5 Å². The Labute approximate surface area is 116 Å². The first-order valence-corrected chi connectivity index (χ1v) is 7.09. The van der Waals surface area contributed by atoms with Gasteiger partial charge in [0.25, 0.3) is 0 Å². The van der Waals surface area contributed by atoms with Crippen molar-refractivity contribution in [3.8, 4) is 0 Å². The SMILES string of the molecule is Cc1ccnc(N2CCN(c3nc(C)ns3)CC2)n1. The smallest absolute Gasteiger partial charge is 0.225 e. The first kappa shape index (κ1) is 12.3. The molecule has 0 saturated carbocycles. The molecular formula is C12H16N6S. The van der Waals surface area contributed by atoms with Crippen LogP contribution in [0, 0.1) is 13.8 Å². The molecule has 0 aliphatic carbocycles. The van der Waals surface area contributed by atoms with Crippen molar-refractivity contribution in [3.05, 3.63) is 23.8 Å². The lowest BCUT2D eigenvalue weighted by molar-refractivity contribution is 0.637. The Balaban J connectivity index is 1.66. The molecule has 0 atom stereocenters. The van der Waals surface area contributed by atoms with Crippen LogP contribution in [0.1, 0.15) is 11.5 Å². The molecule has 6 nitrogen and oxygen atoms in total. The average molecular weight is 276 g/mol. The molecule has 0 aromatic carbocycles. The number of aryl methyl sites for hydroxylation is 2. The number of hydrogen-bond acceptors (Lipinski definition) is 7. The van der Waals surface area contributed by atoms with E-state index in [-0.39, 0.29) is 0 Å². The maximum absolute atomic E-state index is 4.47. The summed E-state index contributed by atoms with van der Waals surface area (Å²) in [6.07, 6.45) is 1.82. The molecule has 1 fully saturated rings. The molecule has 0 unspecified atom stereocenters. The van der Waals surface area contributed by atoms with Gasteiger partial charge in [0.2, 0.25) is 11.1 Å². The molecule has 0 spiro atoms. The lowest BCUT2D eigenvalue weighted by Crippen LogP contribution is -2.47. The van der Waals surface area contributed by atoms with E-state index in [9.17, 15) is 0 Å². The summed E-state index contributed by atoms with van der Waals surface area (Å²) in [6, 6.07) is 1.92. The van der Waals surface area contributed by atoms with Crippen molar-refractivity contribution in [2.24, 2.45) is 0 Å². The van der Waals surface area contributed by atoms with E-state index in [1.807, 2.05) is 26.1 Å². The third-order valence-electron chi connectivity index (χ3n) is 3.13. The van der Waals surface area contributed by atoms with E-state index in [2.05, 4.69) is 29.1 Å². The summed E-state index contributed by atoms with van der Waals surface area (Å²) in [5.41, 5.74) is 1.01. The standard InChI is InChI=1S/C12H16N6S/c1-9-3-4-13-11(14-9)17-5-7-18(8-6-17)12-15-10(2)16-19-12/h3-4H,5-8H2,1-2H3. The Morgan fingerprint density at radius 3 is 2.42 bits per heavy atom. The van der Waals surface area contributed by atoms with E-state index in [4.69, 9.17) is 0 Å². The lowest BCUT2D eigenvalue weighted by atomic mass is 10.3. The van der Waals surface area contributed by atoms with Crippen molar-refractivity contribution in [2.45, 2.75) is 13.8 Å². The minimum Gasteiger partial charge on any atom is -0.343 e. The van der Waals surface area contributed by atoms with Crippen LogP contribution in [0.3, 0.4) is 0 Å². The van der Waals surface area contributed by atoms with Crippen LogP contribution >= 0.6 is 11.5 Å². The lowest BCUT2D eigenvalue weighted by Gasteiger charge is -2.34. The Bertz CT molecular complexity index is 561. The van der Waals surface area contributed by atoms with Crippen LogP contribution in [0.25, 0.3) is 0 Å². The van der Waals surface area contributed by atoms with Crippen molar-refractivity contribution in [1.82, 2.24) is 19.3 Å². The highest BCUT2D eigenvalue weighted by molar-refractivity contribution is 7.09. The summed E-state index contributed by atoms with van der Waals surface area (Å²) < 4.78 is 4.23. The quantitative estimate of drug-likeness (QED) is 0.823. The molecule has 1 aliphatic heterocycles. The highest BCUT2D eigenvalue weighted by Crippen LogP contribution is 2.20. The minimum absolute atomic E-state index is 0.827. The molecule has 2 aromatic heterocycles. The second kappa shape index (κ2) is 5.08. The van der Waals surface area contributed by atoms with E-state index in [1.165, 1.54) is 11.5 Å². The Morgan fingerprint density at radius 2 is 1.79 bits per heavy atom. The molecule has 19 heavy (non-hydrogen) atoms. The van der Waals surface area contributed by atoms with Gasteiger partial charge in [0, 0.05) is 49.6 Å². The number of anilines is 2. The Morgan fingerprint density at radius 1 is 1.05 bits per heavy atom. The van der Waals surface area contributed by atoms with E-state index in [0.717, 1.165) is 48.8 Å². The number of aromatic nitrogens is 4. The normalized spacial score (nSPS) is 15.9. The Hall–Kier alpha value is -1.76. The van der Waals surface area contributed by atoms with E-state index in [0.29, 0.717) is 0 Å². The second-order valence-corrected chi connectivity index (χ2v) is 5.33. The van der Waals surface area contributed by atoms with Crippen LogP contribution in [0.4, 0.5) is 11.1 Å². The fourth-order valence-electron chi connectivity index (χ4n) is 2.10. The van der Waals surface area contributed by atoms with Crippen molar-refractivity contribution >= 4 is 22.6 Å². The number of nitrogens with zero attached hydrogens (tertiary/aromatic N) is 6. The van der Waals surface area contributed by atoms with Crippen molar-refractivity contribution in [1.29, 1.82) is 0 Å². The predicted octanol–water partition coefficient (Wildman–Crippen LogP) is 1.27. The molecular weight excluding hydrogens is 260 g/mol. The molecule has 100 valence electrons. The molecule has 1 aliphatic rings. The molecule has 0 radical (unpaired) electrons. The molecule has 3 rings (SSSR count). The van der Waals surface area contributed by atoms with Gasteiger partial charge in [-0.15, -0.1) is 0 Å². The van der Waals surface area contributed by atoms with Gasteiger partial charge in [0.05, 0.1) is 0 Å². The van der Waals surface area contributed by atoms with Gasteiger partial charge in [-0.05, 0) is 19.9 Å². The molecule has 0 amide bonds. The molecule has 1 saturated heterocycles.